The maximum absolute atomic E-state index is 12.7. The Labute approximate surface area is 134 Å². The van der Waals surface area contributed by atoms with E-state index in [-0.39, 0.29) is 17.5 Å². The molecule has 110 valence electrons. The lowest BCUT2D eigenvalue weighted by Gasteiger charge is -2.49. The Balaban J connectivity index is 1.98. The van der Waals surface area contributed by atoms with Crippen LogP contribution in [0.2, 0.25) is 0 Å². The van der Waals surface area contributed by atoms with Crippen LogP contribution in [-0.2, 0) is 15.0 Å². The van der Waals surface area contributed by atoms with E-state index in [9.17, 15) is 9.59 Å². The van der Waals surface area contributed by atoms with Crippen molar-refractivity contribution in [1.82, 2.24) is 0 Å². The zero-order valence-electron chi connectivity index (χ0n) is 12.7. The van der Waals surface area contributed by atoms with Crippen molar-refractivity contribution < 1.29 is 9.59 Å². The standard InChI is InChI=1S/C21H14O2/c1-21-14-8-4-2-6-12(14)18(13-7-3-5-9-15(13)21)19-16(22)10-11-17(23)20(19)21/h2-11,18H,1H3. The first-order valence-electron chi connectivity index (χ1n) is 7.84. The highest BCUT2D eigenvalue weighted by atomic mass is 16.1. The first kappa shape index (κ1) is 12.8. The van der Waals surface area contributed by atoms with Crippen LogP contribution < -0.4 is 0 Å². The molecule has 0 radical (unpaired) electrons. The molecule has 23 heavy (non-hydrogen) atoms. The fourth-order valence-electron chi connectivity index (χ4n) is 4.68. The van der Waals surface area contributed by atoms with Gasteiger partial charge in [0, 0.05) is 22.5 Å². The van der Waals surface area contributed by atoms with E-state index in [1.807, 2.05) is 24.3 Å². The number of rotatable bonds is 0. The number of hydrogen-bond acceptors (Lipinski definition) is 2. The summed E-state index contributed by atoms with van der Waals surface area (Å²) in [6.07, 6.45) is 2.86. The molecule has 4 aliphatic rings. The highest BCUT2D eigenvalue weighted by molar-refractivity contribution is 6.23. The first-order valence-corrected chi connectivity index (χ1v) is 7.84. The molecule has 2 nitrogen and oxygen atoms in total. The number of ketones is 2. The van der Waals surface area contributed by atoms with E-state index in [0.29, 0.717) is 11.1 Å². The van der Waals surface area contributed by atoms with Crippen LogP contribution in [0.5, 0.6) is 0 Å². The summed E-state index contributed by atoms with van der Waals surface area (Å²) >= 11 is 0. The van der Waals surface area contributed by atoms with Gasteiger partial charge in [-0.15, -0.1) is 0 Å². The van der Waals surface area contributed by atoms with Crippen LogP contribution in [0.4, 0.5) is 0 Å². The molecule has 0 N–H and O–H groups in total. The first-order chi connectivity index (χ1) is 11.1. The summed E-state index contributed by atoms with van der Waals surface area (Å²) in [6, 6.07) is 16.4. The predicted molar refractivity (Wildman–Crippen MR) is 87.4 cm³/mol. The Bertz CT molecular complexity index is 927. The van der Waals surface area contributed by atoms with E-state index in [1.54, 1.807) is 0 Å². The number of benzene rings is 2. The van der Waals surface area contributed by atoms with Crippen LogP contribution >= 0.6 is 0 Å². The molecule has 0 saturated heterocycles. The third kappa shape index (κ3) is 1.31. The van der Waals surface area contributed by atoms with Gasteiger partial charge in [0.2, 0.25) is 0 Å². The van der Waals surface area contributed by atoms with Crippen LogP contribution in [0.15, 0.2) is 71.8 Å². The van der Waals surface area contributed by atoms with Gasteiger partial charge in [-0.1, -0.05) is 48.5 Å². The second-order valence-electron chi connectivity index (χ2n) is 6.58. The van der Waals surface area contributed by atoms with Gasteiger partial charge in [-0.25, -0.2) is 0 Å². The molecule has 2 aromatic carbocycles. The fourth-order valence-corrected chi connectivity index (χ4v) is 4.68. The number of carbonyl (C=O) groups is 2. The van der Waals surface area contributed by atoms with Gasteiger partial charge in [-0.3, -0.25) is 9.59 Å². The maximum Gasteiger partial charge on any atom is 0.183 e. The van der Waals surface area contributed by atoms with E-state index in [0.717, 1.165) is 22.3 Å². The Kier molecular flexibility index (Phi) is 2.20. The molecule has 0 heterocycles. The topological polar surface area (TPSA) is 34.1 Å². The van der Waals surface area contributed by atoms with Crippen LogP contribution in [0.3, 0.4) is 0 Å². The van der Waals surface area contributed by atoms with Gasteiger partial charge in [0.25, 0.3) is 0 Å². The van der Waals surface area contributed by atoms with Crippen molar-refractivity contribution in [2.75, 3.05) is 0 Å². The van der Waals surface area contributed by atoms with Gasteiger partial charge in [0.15, 0.2) is 11.6 Å². The molecule has 6 rings (SSSR count). The number of allylic oxidation sites excluding steroid dienone is 4. The number of hydrogen-bond donors (Lipinski definition) is 0. The van der Waals surface area contributed by atoms with Crippen molar-refractivity contribution in [1.29, 1.82) is 0 Å². The quantitative estimate of drug-likeness (QED) is 0.698. The number of carbonyl (C=O) groups excluding carboxylic acids is 2. The van der Waals surface area contributed by atoms with Crippen molar-refractivity contribution in [2.24, 2.45) is 0 Å². The second kappa shape index (κ2) is 3.96. The lowest BCUT2D eigenvalue weighted by Crippen LogP contribution is -2.45. The van der Waals surface area contributed by atoms with E-state index < -0.39 is 5.41 Å². The summed E-state index contributed by atoms with van der Waals surface area (Å²) in [7, 11) is 0. The summed E-state index contributed by atoms with van der Waals surface area (Å²) in [5.41, 5.74) is 5.42. The van der Waals surface area contributed by atoms with Gasteiger partial charge in [-0.2, -0.15) is 0 Å². The molecule has 0 aromatic heterocycles. The molecule has 4 aliphatic carbocycles. The molecule has 0 saturated carbocycles. The summed E-state index contributed by atoms with van der Waals surface area (Å²) in [4.78, 5) is 25.3. The maximum atomic E-state index is 12.7. The minimum Gasteiger partial charge on any atom is -0.290 e. The third-order valence-electron chi connectivity index (χ3n) is 5.58. The van der Waals surface area contributed by atoms with Crippen molar-refractivity contribution in [3.8, 4) is 0 Å². The molecular formula is C21H14O2. The minimum absolute atomic E-state index is 0.0279. The van der Waals surface area contributed by atoms with E-state index >= 15 is 0 Å². The largest absolute Gasteiger partial charge is 0.290 e. The Morgan fingerprint density at radius 2 is 1.30 bits per heavy atom. The van der Waals surface area contributed by atoms with Crippen LogP contribution in [0.25, 0.3) is 0 Å². The van der Waals surface area contributed by atoms with Crippen LogP contribution in [0, 0.1) is 0 Å². The fraction of sp³-hybridized carbons (Fsp3) is 0.143. The third-order valence-corrected chi connectivity index (χ3v) is 5.58. The molecule has 2 aromatic rings. The summed E-state index contributed by atoms with van der Waals surface area (Å²) < 4.78 is 0. The molecule has 2 heteroatoms. The highest BCUT2D eigenvalue weighted by Gasteiger charge is 2.53. The highest BCUT2D eigenvalue weighted by Crippen LogP contribution is 2.59. The predicted octanol–water partition coefficient (Wildman–Crippen LogP) is 3.46. The summed E-state index contributed by atoms with van der Waals surface area (Å²) in [6.45, 7) is 2.08. The minimum atomic E-state index is -0.547. The molecule has 0 fully saturated rings. The molecule has 0 aliphatic heterocycles. The van der Waals surface area contributed by atoms with Crippen molar-refractivity contribution in [3.05, 3.63) is 94.1 Å². The lowest BCUT2D eigenvalue weighted by molar-refractivity contribution is -0.116. The normalized spacial score (nSPS) is 26.9. The van der Waals surface area contributed by atoms with Crippen LogP contribution in [-0.4, -0.2) is 11.6 Å². The molecule has 0 spiro atoms. The molecule has 0 amide bonds. The van der Waals surface area contributed by atoms with Gasteiger partial charge < -0.3 is 0 Å². The van der Waals surface area contributed by atoms with Crippen molar-refractivity contribution in [2.45, 2.75) is 18.3 Å². The SMILES string of the molecule is CC12C3=C(C(=O)C=CC3=O)C(c3ccccc31)c1ccccc12. The lowest BCUT2D eigenvalue weighted by atomic mass is 9.52. The zero-order chi connectivity index (χ0) is 15.8. The van der Waals surface area contributed by atoms with Crippen molar-refractivity contribution in [3.63, 3.8) is 0 Å². The van der Waals surface area contributed by atoms with Crippen molar-refractivity contribution >= 4 is 11.6 Å². The summed E-state index contributed by atoms with van der Waals surface area (Å²) in [5, 5.41) is 0. The average molecular weight is 298 g/mol. The van der Waals surface area contributed by atoms with Gasteiger partial charge in [-0.05, 0) is 41.3 Å². The van der Waals surface area contributed by atoms with Gasteiger partial charge in [0.05, 0.1) is 0 Å². The molecule has 2 bridgehead atoms. The Hall–Kier alpha value is -2.74. The van der Waals surface area contributed by atoms with Crippen LogP contribution in [0.1, 0.15) is 35.1 Å². The molecular weight excluding hydrogens is 284 g/mol. The van der Waals surface area contributed by atoms with E-state index in [2.05, 4.69) is 31.2 Å². The van der Waals surface area contributed by atoms with Gasteiger partial charge >= 0.3 is 0 Å². The smallest absolute Gasteiger partial charge is 0.183 e. The summed E-state index contributed by atoms with van der Waals surface area (Å²) in [5.74, 6) is -0.184. The van der Waals surface area contributed by atoms with E-state index in [4.69, 9.17) is 0 Å². The zero-order valence-corrected chi connectivity index (χ0v) is 12.7. The Morgan fingerprint density at radius 3 is 1.91 bits per heavy atom. The monoisotopic (exact) mass is 298 g/mol. The molecule has 0 unspecified atom stereocenters. The van der Waals surface area contributed by atoms with Gasteiger partial charge in [0.1, 0.15) is 0 Å². The second-order valence-corrected chi connectivity index (χ2v) is 6.58. The van der Waals surface area contributed by atoms with E-state index in [1.165, 1.54) is 12.2 Å². The Morgan fingerprint density at radius 1 is 0.783 bits per heavy atom. The average Bonchev–Trinajstić information content (AvgIpc) is 2.58. The molecule has 0 atom stereocenters.